The van der Waals surface area contributed by atoms with E-state index in [-0.39, 0.29) is 5.91 Å². The predicted octanol–water partition coefficient (Wildman–Crippen LogP) is 1.86. The summed E-state index contributed by atoms with van der Waals surface area (Å²) in [6, 6.07) is 3.71. The van der Waals surface area contributed by atoms with Gasteiger partial charge in [0.2, 0.25) is 5.91 Å². The lowest BCUT2D eigenvalue weighted by Gasteiger charge is -2.14. The van der Waals surface area contributed by atoms with E-state index in [0.29, 0.717) is 13.0 Å². The van der Waals surface area contributed by atoms with Crippen LogP contribution >= 0.6 is 0 Å². The van der Waals surface area contributed by atoms with Gasteiger partial charge in [-0.25, -0.2) is 0 Å². The van der Waals surface area contributed by atoms with Gasteiger partial charge in [0.1, 0.15) is 5.75 Å². The maximum atomic E-state index is 11.7. The minimum Gasteiger partial charge on any atom is -0.492 e. The third-order valence-electron chi connectivity index (χ3n) is 2.90. The summed E-state index contributed by atoms with van der Waals surface area (Å²) in [5.41, 5.74) is 0. The van der Waals surface area contributed by atoms with Crippen LogP contribution in [-0.4, -0.2) is 35.5 Å². The number of carbonyl (C=O) groups is 1. The Morgan fingerprint density at radius 3 is 2.94 bits per heavy atom. The summed E-state index contributed by atoms with van der Waals surface area (Å²) >= 11 is 0. The molecule has 1 aromatic heterocycles. The molecule has 0 aromatic carbocycles. The normalized spacial score (nSPS) is 14.9. The van der Waals surface area contributed by atoms with Gasteiger partial charge in [-0.1, -0.05) is 0 Å². The number of rotatable bonds is 5. The lowest BCUT2D eigenvalue weighted by atomic mass is 10.3. The molecule has 1 aromatic rings. The SMILES string of the molecule is O=C(CCCOc1cccnc1)N1CCCC1. The molecule has 1 fully saturated rings. The van der Waals surface area contributed by atoms with Gasteiger partial charge in [0.05, 0.1) is 12.8 Å². The van der Waals surface area contributed by atoms with E-state index in [9.17, 15) is 4.79 Å². The average molecular weight is 234 g/mol. The molecular formula is C13H18N2O2. The van der Waals surface area contributed by atoms with Crippen molar-refractivity contribution < 1.29 is 9.53 Å². The molecule has 2 heterocycles. The zero-order valence-electron chi connectivity index (χ0n) is 9.97. The standard InChI is InChI=1S/C13H18N2O2/c16-13(15-8-1-2-9-15)6-4-10-17-12-5-3-7-14-11-12/h3,5,7,11H,1-2,4,6,8-10H2. The lowest BCUT2D eigenvalue weighted by Crippen LogP contribution is -2.27. The lowest BCUT2D eigenvalue weighted by molar-refractivity contribution is -0.130. The maximum Gasteiger partial charge on any atom is 0.222 e. The van der Waals surface area contributed by atoms with E-state index in [0.717, 1.165) is 38.1 Å². The fourth-order valence-corrected chi connectivity index (χ4v) is 1.97. The summed E-state index contributed by atoms with van der Waals surface area (Å²) in [6.07, 6.45) is 7.05. The summed E-state index contributed by atoms with van der Waals surface area (Å²) < 4.78 is 5.49. The van der Waals surface area contributed by atoms with Gasteiger partial charge in [-0.3, -0.25) is 9.78 Å². The van der Waals surface area contributed by atoms with Crippen molar-refractivity contribution >= 4 is 5.91 Å². The number of likely N-dealkylation sites (tertiary alicyclic amines) is 1. The number of hydrogen-bond acceptors (Lipinski definition) is 3. The van der Waals surface area contributed by atoms with E-state index < -0.39 is 0 Å². The minimum absolute atomic E-state index is 0.261. The van der Waals surface area contributed by atoms with E-state index in [4.69, 9.17) is 4.74 Å². The zero-order valence-corrected chi connectivity index (χ0v) is 9.97. The first kappa shape index (κ1) is 11.9. The molecule has 4 heteroatoms. The first-order valence-electron chi connectivity index (χ1n) is 6.17. The molecular weight excluding hydrogens is 216 g/mol. The van der Waals surface area contributed by atoms with Gasteiger partial charge in [0.15, 0.2) is 0 Å². The van der Waals surface area contributed by atoms with E-state index in [1.54, 1.807) is 12.4 Å². The molecule has 1 saturated heterocycles. The average Bonchev–Trinajstić information content (AvgIpc) is 2.89. The molecule has 17 heavy (non-hydrogen) atoms. The summed E-state index contributed by atoms with van der Waals surface area (Å²) in [6.45, 7) is 2.44. The number of nitrogens with zero attached hydrogens (tertiary/aromatic N) is 2. The van der Waals surface area contributed by atoms with E-state index in [1.165, 1.54) is 0 Å². The molecule has 2 rings (SSSR count). The maximum absolute atomic E-state index is 11.7. The fourth-order valence-electron chi connectivity index (χ4n) is 1.97. The number of hydrogen-bond donors (Lipinski definition) is 0. The molecule has 92 valence electrons. The highest BCUT2D eigenvalue weighted by atomic mass is 16.5. The highest BCUT2D eigenvalue weighted by Gasteiger charge is 2.16. The topological polar surface area (TPSA) is 42.4 Å². The number of ether oxygens (including phenoxy) is 1. The van der Waals surface area contributed by atoms with Crippen LogP contribution in [0.5, 0.6) is 5.75 Å². The van der Waals surface area contributed by atoms with Gasteiger partial charge in [0, 0.05) is 25.7 Å². The Bertz CT molecular complexity index is 348. The number of pyridine rings is 1. The predicted molar refractivity (Wildman–Crippen MR) is 64.8 cm³/mol. The highest BCUT2D eigenvalue weighted by molar-refractivity contribution is 5.76. The van der Waals surface area contributed by atoms with Gasteiger partial charge in [-0.15, -0.1) is 0 Å². The Kier molecular flexibility index (Phi) is 4.36. The van der Waals surface area contributed by atoms with Crippen molar-refractivity contribution in [3.05, 3.63) is 24.5 Å². The van der Waals surface area contributed by atoms with Crippen molar-refractivity contribution in [3.63, 3.8) is 0 Å². The van der Waals surface area contributed by atoms with Gasteiger partial charge in [-0.2, -0.15) is 0 Å². The molecule has 0 bridgehead atoms. The number of amides is 1. The van der Waals surface area contributed by atoms with Crippen LogP contribution in [0, 0.1) is 0 Å². The van der Waals surface area contributed by atoms with Crippen LogP contribution in [0.25, 0.3) is 0 Å². The molecule has 1 aliphatic heterocycles. The van der Waals surface area contributed by atoms with Crippen molar-refractivity contribution in [2.24, 2.45) is 0 Å². The summed E-state index contributed by atoms with van der Waals surface area (Å²) in [7, 11) is 0. The monoisotopic (exact) mass is 234 g/mol. The Morgan fingerprint density at radius 1 is 1.41 bits per heavy atom. The summed E-state index contributed by atoms with van der Waals surface area (Å²) in [5, 5.41) is 0. The van der Waals surface area contributed by atoms with Crippen molar-refractivity contribution in [3.8, 4) is 5.75 Å². The molecule has 1 amide bonds. The third-order valence-corrected chi connectivity index (χ3v) is 2.90. The van der Waals surface area contributed by atoms with Crippen LogP contribution in [0.3, 0.4) is 0 Å². The van der Waals surface area contributed by atoms with E-state index in [1.807, 2.05) is 17.0 Å². The second kappa shape index (κ2) is 6.23. The van der Waals surface area contributed by atoms with Gasteiger partial charge in [0.25, 0.3) is 0 Å². The van der Waals surface area contributed by atoms with Crippen molar-refractivity contribution in [1.82, 2.24) is 9.88 Å². The van der Waals surface area contributed by atoms with Crippen molar-refractivity contribution in [1.29, 1.82) is 0 Å². The fraction of sp³-hybridized carbons (Fsp3) is 0.538. The van der Waals surface area contributed by atoms with Crippen LogP contribution in [0.4, 0.5) is 0 Å². The molecule has 0 aliphatic carbocycles. The molecule has 0 atom stereocenters. The highest BCUT2D eigenvalue weighted by Crippen LogP contribution is 2.11. The van der Waals surface area contributed by atoms with Gasteiger partial charge in [-0.05, 0) is 31.4 Å². The van der Waals surface area contributed by atoms with Crippen molar-refractivity contribution in [2.75, 3.05) is 19.7 Å². The van der Waals surface area contributed by atoms with E-state index >= 15 is 0 Å². The molecule has 4 nitrogen and oxygen atoms in total. The van der Waals surface area contributed by atoms with E-state index in [2.05, 4.69) is 4.98 Å². The Balaban J connectivity index is 1.61. The first-order valence-corrected chi connectivity index (χ1v) is 6.17. The second-order valence-corrected chi connectivity index (χ2v) is 4.23. The Hall–Kier alpha value is -1.58. The number of carbonyl (C=O) groups excluding carboxylic acids is 1. The molecule has 0 N–H and O–H groups in total. The third kappa shape index (κ3) is 3.73. The zero-order chi connectivity index (χ0) is 11.9. The van der Waals surface area contributed by atoms with Crippen LogP contribution in [0.2, 0.25) is 0 Å². The van der Waals surface area contributed by atoms with Crippen molar-refractivity contribution in [2.45, 2.75) is 25.7 Å². The smallest absolute Gasteiger partial charge is 0.222 e. The first-order chi connectivity index (χ1) is 8.36. The Morgan fingerprint density at radius 2 is 2.24 bits per heavy atom. The Labute approximate surface area is 102 Å². The molecule has 0 unspecified atom stereocenters. The quantitative estimate of drug-likeness (QED) is 0.730. The molecule has 1 aliphatic rings. The summed E-state index contributed by atoms with van der Waals surface area (Å²) in [5.74, 6) is 1.03. The molecule has 0 radical (unpaired) electrons. The summed E-state index contributed by atoms with van der Waals surface area (Å²) in [4.78, 5) is 17.6. The van der Waals surface area contributed by atoms with Gasteiger partial charge >= 0.3 is 0 Å². The van der Waals surface area contributed by atoms with Crippen LogP contribution < -0.4 is 4.74 Å². The molecule has 0 saturated carbocycles. The second-order valence-electron chi connectivity index (χ2n) is 4.23. The number of aromatic nitrogens is 1. The van der Waals surface area contributed by atoms with Gasteiger partial charge < -0.3 is 9.64 Å². The van der Waals surface area contributed by atoms with Crippen LogP contribution in [-0.2, 0) is 4.79 Å². The molecule has 0 spiro atoms. The van der Waals surface area contributed by atoms with Crippen LogP contribution in [0.15, 0.2) is 24.5 Å². The largest absolute Gasteiger partial charge is 0.492 e. The van der Waals surface area contributed by atoms with Crippen LogP contribution in [0.1, 0.15) is 25.7 Å². The minimum atomic E-state index is 0.261.